The average molecular weight is 300 g/mol. The predicted molar refractivity (Wildman–Crippen MR) is 78.0 cm³/mol. The molecule has 6 nitrogen and oxygen atoms in total. The summed E-state index contributed by atoms with van der Waals surface area (Å²) in [6.45, 7) is 1.77. The molecule has 0 bridgehead atoms. The van der Waals surface area contributed by atoms with Crippen LogP contribution < -0.4 is 5.73 Å². The van der Waals surface area contributed by atoms with E-state index in [1.807, 2.05) is 0 Å². The summed E-state index contributed by atoms with van der Waals surface area (Å²) in [5.41, 5.74) is 5.66. The first-order valence-corrected chi connectivity index (χ1v) is 6.36. The van der Waals surface area contributed by atoms with E-state index in [1.54, 1.807) is 17.0 Å². The Morgan fingerprint density at radius 3 is 2.80 bits per heavy atom. The highest BCUT2D eigenvalue weighted by Crippen LogP contribution is 2.23. The topological polar surface area (TPSA) is 89.5 Å². The number of hydrogen-bond donors (Lipinski definition) is 1. The van der Waals surface area contributed by atoms with Crippen LogP contribution >= 0.6 is 12.4 Å². The zero-order valence-corrected chi connectivity index (χ0v) is 11.8. The molecule has 1 aliphatic rings. The van der Waals surface area contributed by atoms with Gasteiger partial charge in [-0.2, -0.15) is 0 Å². The summed E-state index contributed by atoms with van der Waals surface area (Å²) in [6, 6.07) is 6.07. The summed E-state index contributed by atoms with van der Waals surface area (Å²) in [6.07, 6.45) is 1.91. The number of rotatable bonds is 3. The van der Waals surface area contributed by atoms with Crippen molar-refractivity contribution in [2.24, 2.45) is 11.7 Å². The van der Waals surface area contributed by atoms with E-state index in [0.29, 0.717) is 25.6 Å². The number of piperidine rings is 1. The SMILES string of the molecule is Cl.NCC1CCCN(C(=O)c2ccccc2[N+](=O)[O-])C1. The number of carbonyl (C=O) groups is 1. The van der Waals surface area contributed by atoms with Gasteiger partial charge in [-0.15, -0.1) is 12.4 Å². The zero-order chi connectivity index (χ0) is 13.8. The second-order valence-corrected chi connectivity index (χ2v) is 4.77. The smallest absolute Gasteiger partial charge is 0.282 e. The van der Waals surface area contributed by atoms with Crippen molar-refractivity contribution in [2.75, 3.05) is 19.6 Å². The molecule has 7 heteroatoms. The molecule has 1 fully saturated rings. The maximum atomic E-state index is 12.4. The number of nitro benzene ring substituents is 1. The molecule has 1 atom stereocenters. The number of para-hydroxylation sites is 1. The van der Waals surface area contributed by atoms with Crippen molar-refractivity contribution in [2.45, 2.75) is 12.8 Å². The molecule has 0 radical (unpaired) electrons. The summed E-state index contributed by atoms with van der Waals surface area (Å²) in [5, 5.41) is 10.9. The van der Waals surface area contributed by atoms with E-state index in [1.165, 1.54) is 12.1 Å². The molecule has 0 aromatic heterocycles. The van der Waals surface area contributed by atoms with Crippen molar-refractivity contribution < 1.29 is 9.72 Å². The van der Waals surface area contributed by atoms with Crippen LogP contribution in [0.2, 0.25) is 0 Å². The maximum Gasteiger partial charge on any atom is 0.282 e. The minimum atomic E-state index is -0.516. The molecule has 1 amide bonds. The van der Waals surface area contributed by atoms with Crippen LogP contribution in [-0.4, -0.2) is 35.4 Å². The van der Waals surface area contributed by atoms with Gasteiger partial charge in [-0.05, 0) is 31.4 Å². The summed E-state index contributed by atoms with van der Waals surface area (Å²) in [5.74, 6) is 0.0194. The second-order valence-electron chi connectivity index (χ2n) is 4.77. The van der Waals surface area contributed by atoms with E-state index >= 15 is 0 Å². The lowest BCUT2D eigenvalue weighted by Crippen LogP contribution is -2.42. The van der Waals surface area contributed by atoms with Crippen LogP contribution in [0.1, 0.15) is 23.2 Å². The first kappa shape index (κ1) is 16.4. The highest BCUT2D eigenvalue weighted by molar-refractivity contribution is 5.98. The Balaban J connectivity index is 0.00000200. The quantitative estimate of drug-likeness (QED) is 0.681. The van der Waals surface area contributed by atoms with Crippen molar-refractivity contribution >= 4 is 24.0 Å². The molecule has 20 heavy (non-hydrogen) atoms. The monoisotopic (exact) mass is 299 g/mol. The third-order valence-corrected chi connectivity index (χ3v) is 3.47. The molecule has 0 spiro atoms. The number of carbonyl (C=O) groups excluding carboxylic acids is 1. The number of nitro groups is 1. The van der Waals surface area contributed by atoms with E-state index in [4.69, 9.17) is 5.73 Å². The van der Waals surface area contributed by atoms with Crippen LogP contribution in [0.25, 0.3) is 0 Å². The maximum absolute atomic E-state index is 12.4. The van der Waals surface area contributed by atoms with E-state index < -0.39 is 4.92 Å². The summed E-state index contributed by atoms with van der Waals surface area (Å²) < 4.78 is 0. The van der Waals surface area contributed by atoms with Crippen molar-refractivity contribution in [3.8, 4) is 0 Å². The Morgan fingerprint density at radius 2 is 2.15 bits per heavy atom. The van der Waals surface area contributed by atoms with Gasteiger partial charge in [0, 0.05) is 19.2 Å². The molecule has 1 aromatic rings. The molecule has 1 saturated heterocycles. The lowest BCUT2D eigenvalue weighted by Gasteiger charge is -2.32. The number of nitrogens with two attached hydrogens (primary N) is 1. The fourth-order valence-electron chi connectivity index (χ4n) is 2.43. The standard InChI is InChI=1S/C13H17N3O3.ClH/c14-8-10-4-3-7-15(9-10)13(17)11-5-1-2-6-12(11)16(18)19;/h1-2,5-6,10H,3-4,7-9,14H2;1H. The molecule has 1 unspecified atom stereocenters. The van der Waals surface area contributed by atoms with Gasteiger partial charge in [0.1, 0.15) is 5.56 Å². The molecule has 1 aliphatic heterocycles. The first-order valence-electron chi connectivity index (χ1n) is 6.36. The van der Waals surface area contributed by atoms with Gasteiger partial charge < -0.3 is 10.6 Å². The van der Waals surface area contributed by atoms with E-state index in [2.05, 4.69) is 0 Å². The van der Waals surface area contributed by atoms with Crippen LogP contribution in [0.3, 0.4) is 0 Å². The number of halogens is 1. The zero-order valence-electron chi connectivity index (χ0n) is 11.0. The number of nitrogens with zero attached hydrogens (tertiary/aromatic N) is 2. The van der Waals surface area contributed by atoms with Gasteiger partial charge in [-0.25, -0.2) is 0 Å². The van der Waals surface area contributed by atoms with Crippen LogP contribution in [0.5, 0.6) is 0 Å². The Kier molecular flexibility index (Phi) is 5.91. The predicted octanol–water partition coefficient (Wildman–Crippen LogP) is 1.83. The van der Waals surface area contributed by atoms with Crippen molar-refractivity contribution in [1.82, 2.24) is 4.90 Å². The van der Waals surface area contributed by atoms with Gasteiger partial charge in [0.15, 0.2) is 0 Å². The van der Waals surface area contributed by atoms with Crippen LogP contribution in [0.4, 0.5) is 5.69 Å². The van der Waals surface area contributed by atoms with Gasteiger partial charge in [-0.3, -0.25) is 14.9 Å². The number of benzene rings is 1. The molecule has 0 aliphatic carbocycles. The molecule has 1 aromatic carbocycles. The molecular weight excluding hydrogens is 282 g/mol. The lowest BCUT2D eigenvalue weighted by molar-refractivity contribution is -0.385. The highest BCUT2D eigenvalue weighted by Gasteiger charge is 2.27. The van der Waals surface area contributed by atoms with Crippen LogP contribution in [0.15, 0.2) is 24.3 Å². The van der Waals surface area contributed by atoms with E-state index in [9.17, 15) is 14.9 Å². The summed E-state index contributed by atoms with van der Waals surface area (Å²) in [4.78, 5) is 24.5. The Morgan fingerprint density at radius 1 is 1.45 bits per heavy atom. The second kappa shape index (κ2) is 7.21. The largest absolute Gasteiger partial charge is 0.338 e. The molecule has 110 valence electrons. The average Bonchev–Trinajstić information content (AvgIpc) is 2.46. The Hall–Kier alpha value is -1.66. The van der Waals surface area contributed by atoms with E-state index in [0.717, 1.165) is 12.8 Å². The number of likely N-dealkylation sites (tertiary alicyclic amines) is 1. The third kappa shape index (κ3) is 3.46. The molecule has 1 heterocycles. The Bertz CT molecular complexity index is 496. The fraction of sp³-hybridized carbons (Fsp3) is 0.462. The number of hydrogen-bond acceptors (Lipinski definition) is 4. The van der Waals surface area contributed by atoms with Gasteiger partial charge >= 0.3 is 0 Å². The van der Waals surface area contributed by atoms with Crippen molar-refractivity contribution in [3.05, 3.63) is 39.9 Å². The highest BCUT2D eigenvalue weighted by atomic mass is 35.5. The molecule has 2 rings (SSSR count). The van der Waals surface area contributed by atoms with Gasteiger partial charge in [0.2, 0.25) is 0 Å². The summed E-state index contributed by atoms with van der Waals surface area (Å²) >= 11 is 0. The van der Waals surface area contributed by atoms with Crippen LogP contribution in [0, 0.1) is 16.0 Å². The minimum absolute atomic E-state index is 0. The van der Waals surface area contributed by atoms with E-state index in [-0.39, 0.29) is 29.6 Å². The third-order valence-electron chi connectivity index (χ3n) is 3.47. The van der Waals surface area contributed by atoms with Gasteiger partial charge in [0.25, 0.3) is 11.6 Å². The van der Waals surface area contributed by atoms with Crippen molar-refractivity contribution in [1.29, 1.82) is 0 Å². The first-order chi connectivity index (χ1) is 9.13. The normalized spacial score (nSPS) is 18.2. The lowest BCUT2D eigenvalue weighted by atomic mass is 9.97. The van der Waals surface area contributed by atoms with Gasteiger partial charge in [-0.1, -0.05) is 12.1 Å². The molecule has 2 N–H and O–H groups in total. The van der Waals surface area contributed by atoms with Crippen LogP contribution in [-0.2, 0) is 0 Å². The van der Waals surface area contributed by atoms with Crippen molar-refractivity contribution in [3.63, 3.8) is 0 Å². The Labute approximate surface area is 123 Å². The van der Waals surface area contributed by atoms with Gasteiger partial charge in [0.05, 0.1) is 4.92 Å². The molecular formula is C13H18ClN3O3. The molecule has 0 saturated carbocycles. The fourth-order valence-corrected chi connectivity index (χ4v) is 2.43. The minimum Gasteiger partial charge on any atom is -0.338 e. The summed E-state index contributed by atoms with van der Waals surface area (Å²) in [7, 11) is 0. The number of amides is 1.